The second-order valence-corrected chi connectivity index (χ2v) is 5.48. The molecule has 0 radical (unpaired) electrons. The number of nitrogens with one attached hydrogen (secondary N) is 2. The summed E-state index contributed by atoms with van der Waals surface area (Å²) in [6.07, 6.45) is 0. The molecule has 100 valence electrons. The van der Waals surface area contributed by atoms with Crippen molar-refractivity contribution in [2.75, 3.05) is 5.32 Å². The molecule has 20 heavy (non-hydrogen) atoms. The van der Waals surface area contributed by atoms with E-state index in [0.717, 1.165) is 27.6 Å². The molecule has 0 atom stereocenters. The number of hydrogen-bond acceptors (Lipinski definition) is 1. The van der Waals surface area contributed by atoms with Crippen molar-refractivity contribution in [1.82, 2.24) is 0 Å². The van der Waals surface area contributed by atoms with Gasteiger partial charge in [0.2, 0.25) is 5.52 Å². The van der Waals surface area contributed by atoms with E-state index in [2.05, 4.69) is 48.4 Å². The molecule has 3 heteroatoms. The highest BCUT2D eigenvalue weighted by Gasteiger charge is 2.09. The molecule has 2 aromatic carbocycles. The molecule has 1 aromatic heterocycles. The first-order valence-electron chi connectivity index (χ1n) is 6.58. The summed E-state index contributed by atoms with van der Waals surface area (Å²) in [4.78, 5) is 3.39. The fourth-order valence-corrected chi connectivity index (χ4v) is 2.45. The second kappa shape index (κ2) is 5.14. The highest BCUT2D eigenvalue weighted by molar-refractivity contribution is 6.30. The zero-order valence-electron chi connectivity index (χ0n) is 11.5. The van der Waals surface area contributed by atoms with Crippen molar-refractivity contribution in [1.29, 1.82) is 0 Å². The number of hydrogen-bond donors (Lipinski definition) is 1. The van der Waals surface area contributed by atoms with E-state index < -0.39 is 0 Å². The number of aromatic nitrogens is 1. The maximum Gasteiger partial charge on any atom is 0.213 e. The van der Waals surface area contributed by atoms with Gasteiger partial charge in [-0.25, -0.2) is 4.98 Å². The molecule has 3 aromatic rings. The Labute approximate surface area is 123 Å². The number of anilines is 2. The van der Waals surface area contributed by atoms with Gasteiger partial charge >= 0.3 is 0 Å². The SMILES string of the molecule is Cc1ccc2[nH+]c(C)cc(Nc3ccc(Cl)cc3)c2c1. The molecule has 3 rings (SSSR count). The molecule has 0 aliphatic rings. The van der Waals surface area contributed by atoms with E-state index in [1.165, 1.54) is 10.9 Å². The number of rotatable bonds is 2. The van der Waals surface area contributed by atoms with Crippen molar-refractivity contribution < 1.29 is 4.98 Å². The van der Waals surface area contributed by atoms with Gasteiger partial charge in [-0.1, -0.05) is 17.7 Å². The molecule has 0 saturated carbocycles. The zero-order chi connectivity index (χ0) is 14.1. The molecular weight excluding hydrogens is 268 g/mol. The fourth-order valence-electron chi connectivity index (χ4n) is 2.32. The van der Waals surface area contributed by atoms with Crippen LogP contribution in [0.4, 0.5) is 11.4 Å². The van der Waals surface area contributed by atoms with Crippen molar-refractivity contribution >= 4 is 33.9 Å². The molecule has 0 saturated heterocycles. The first-order valence-corrected chi connectivity index (χ1v) is 6.95. The van der Waals surface area contributed by atoms with Crippen molar-refractivity contribution in [3.05, 3.63) is 64.8 Å². The highest BCUT2D eigenvalue weighted by atomic mass is 35.5. The Hall–Kier alpha value is -2.06. The lowest BCUT2D eigenvalue weighted by molar-refractivity contribution is -0.354. The van der Waals surface area contributed by atoms with Gasteiger partial charge in [0.1, 0.15) is 0 Å². The monoisotopic (exact) mass is 283 g/mol. The zero-order valence-corrected chi connectivity index (χ0v) is 12.3. The Balaban J connectivity index is 2.10. The minimum atomic E-state index is 0.744. The lowest BCUT2D eigenvalue weighted by Crippen LogP contribution is -2.10. The van der Waals surface area contributed by atoms with E-state index in [9.17, 15) is 0 Å². The molecule has 2 N–H and O–H groups in total. The lowest BCUT2D eigenvalue weighted by Gasteiger charge is -2.09. The number of H-pyrrole nitrogens is 1. The van der Waals surface area contributed by atoms with Crippen LogP contribution in [0.1, 0.15) is 11.3 Å². The molecule has 2 nitrogen and oxygen atoms in total. The molecule has 1 heterocycles. The summed E-state index contributed by atoms with van der Waals surface area (Å²) in [6.45, 7) is 4.16. The van der Waals surface area contributed by atoms with Crippen LogP contribution in [0.3, 0.4) is 0 Å². The summed E-state index contributed by atoms with van der Waals surface area (Å²) in [5, 5.41) is 5.39. The molecule has 0 spiro atoms. The summed E-state index contributed by atoms with van der Waals surface area (Å²) in [6, 6.07) is 16.3. The van der Waals surface area contributed by atoms with E-state index in [-0.39, 0.29) is 0 Å². The van der Waals surface area contributed by atoms with E-state index in [4.69, 9.17) is 11.6 Å². The molecule has 0 unspecified atom stereocenters. The van der Waals surface area contributed by atoms with Crippen LogP contribution < -0.4 is 10.3 Å². The fraction of sp³-hybridized carbons (Fsp3) is 0.118. The first-order chi connectivity index (χ1) is 9.61. The van der Waals surface area contributed by atoms with Crippen molar-refractivity contribution in [3.8, 4) is 0 Å². The molecule has 0 bridgehead atoms. The highest BCUT2D eigenvalue weighted by Crippen LogP contribution is 2.26. The third kappa shape index (κ3) is 2.61. The molecular formula is C17H16ClN2+. The van der Waals surface area contributed by atoms with E-state index in [1.807, 2.05) is 24.3 Å². The van der Waals surface area contributed by atoms with Gasteiger partial charge in [-0.3, -0.25) is 0 Å². The molecule has 0 amide bonds. The summed E-state index contributed by atoms with van der Waals surface area (Å²) in [5.41, 5.74) is 5.63. The van der Waals surface area contributed by atoms with E-state index >= 15 is 0 Å². The van der Waals surface area contributed by atoms with Crippen LogP contribution in [0.15, 0.2) is 48.5 Å². The minimum absolute atomic E-state index is 0.744. The topological polar surface area (TPSA) is 26.2 Å². The van der Waals surface area contributed by atoms with Gasteiger partial charge in [-0.2, -0.15) is 0 Å². The number of fused-ring (bicyclic) bond motifs is 1. The summed E-state index contributed by atoms with van der Waals surface area (Å²) >= 11 is 5.92. The van der Waals surface area contributed by atoms with Gasteiger partial charge < -0.3 is 5.32 Å². The Kier molecular flexibility index (Phi) is 3.33. The quantitative estimate of drug-likeness (QED) is 0.727. The second-order valence-electron chi connectivity index (χ2n) is 5.05. The largest absolute Gasteiger partial charge is 0.355 e. The van der Waals surface area contributed by atoms with Crippen LogP contribution in [0.2, 0.25) is 5.02 Å². The third-order valence-corrected chi connectivity index (χ3v) is 3.53. The number of benzene rings is 2. The average Bonchev–Trinajstić information content (AvgIpc) is 2.42. The Bertz CT molecular complexity index is 764. The van der Waals surface area contributed by atoms with Crippen molar-refractivity contribution in [2.45, 2.75) is 13.8 Å². The van der Waals surface area contributed by atoms with Gasteiger partial charge in [-0.15, -0.1) is 0 Å². The third-order valence-electron chi connectivity index (χ3n) is 3.28. The number of halogens is 1. The lowest BCUT2D eigenvalue weighted by atomic mass is 10.1. The van der Waals surface area contributed by atoms with Crippen LogP contribution in [-0.4, -0.2) is 0 Å². The van der Waals surface area contributed by atoms with Crippen LogP contribution in [-0.2, 0) is 0 Å². The minimum Gasteiger partial charge on any atom is -0.355 e. The van der Waals surface area contributed by atoms with Crippen LogP contribution in [0.5, 0.6) is 0 Å². The smallest absolute Gasteiger partial charge is 0.213 e. The molecule has 0 aliphatic heterocycles. The van der Waals surface area contributed by atoms with Crippen molar-refractivity contribution in [2.24, 2.45) is 0 Å². The van der Waals surface area contributed by atoms with Crippen LogP contribution in [0, 0.1) is 13.8 Å². The standard InChI is InChI=1S/C17H15ClN2/c1-11-3-8-16-15(9-11)17(10-12(2)19-16)20-14-6-4-13(18)5-7-14/h3-10H,1-2H3,(H,19,20)/p+1. The Morgan fingerprint density at radius 3 is 2.45 bits per heavy atom. The predicted molar refractivity (Wildman–Crippen MR) is 84.7 cm³/mol. The summed E-state index contributed by atoms with van der Waals surface area (Å²) in [7, 11) is 0. The summed E-state index contributed by atoms with van der Waals surface area (Å²) < 4.78 is 0. The summed E-state index contributed by atoms with van der Waals surface area (Å²) in [5.74, 6) is 0. The van der Waals surface area contributed by atoms with Crippen LogP contribution >= 0.6 is 11.6 Å². The maximum absolute atomic E-state index is 5.92. The number of aryl methyl sites for hydroxylation is 2. The van der Waals surface area contributed by atoms with E-state index in [0.29, 0.717) is 0 Å². The Morgan fingerprint density at radius 1 is 0.950 bits per heavy atom. The van der Waals surface area contributed by atoms with Gasteiger partial charge in [0.05, 0.1) is 11.1 Å². The van der Waals surface area contributed by atoms with E-state index in [1.54, 1.807) is 0 Å². The Morgan fingerprint density at radius 2 is 1.70 bits per heavy atom. The van der Waals surface area contributed by atoms with Crippen LogP contribution in [0.25, 0.3) is 10.9 Å². The normalized spacial score (nSPS) is 10.8. The van der Waals surface area contributed by atoms with Gasteiger partial charge in [0, 0.05) is 29.8 Å². The average molecular weight is 284 g/mol. The number of pyridine rings is 1. The first kappa shape index (κ1) is 12.9. The predicted octanol–water partition coefficient (Wildman–Crippen LogP) is 4.67. The molecule has 0 aliphatic carbocycles. The van der Waals surface area contributed by atoms with Gasteiger partial charge in [0.15, 0.2) is 5.69 Å². The number of aromatic amines is 1. The van der Waals surface area contributed by atoms with Gasteiger partial charge in [-0.05, 0) is 42.8 Å². The van der Waals surface area contributed by atoms with Gasteiger partial charge in [0.25, 0.3) is 0 Å². The van der Waals surface area contributed by atoms with Crippen molar-refractivity contribution in [3.63, 3.8) is 0 Å². The maximum atomic E-state index is 5.92. The molecule has 0 fully saturated rings.